The van der Waals surface area contributed by atoms with Crippen LogP contribution in [0.3, 0.4) is 0 Å². The summed E-state index contributed by atoms with van der Waals surface area (Å²) >= 11 is 0. The Labute approximate surface area is 190 Å². The number of hydrogen-bond acceptors (Lipinski definition) is 3. The molecule has 33 heavy (non-hydrogen) atoms. The van der Waals surface area contributed by atoms with Crippen LogP contribution in [0.5, 0.6) is 0 Å². The van der Waals surface area contributed by atoms with Gasteiger partial charge in [-0.05, 0) is 54.5 Å². The quantitative estimate of drug-likeness (QED) is 0.524. The van der Waals surface area contributed by atoms with Gasteiger partial charge in [0.15, 0.2) is 0 Å². The van der Waals surface area contributed by atoms with Crippen molar-refractivity contribution in [3.05, 3.63) is 100 Å². The van der Waals surface area contributed by atoms with Crippen LogP contribution in [-0.2, 0) is 33.8 Å². The van der Waals surface area contributed by atoms with Crippen LogP contribution >= 0.6 is 0 Å². The van der Waals surface area contributed by atoms with Crippen LogP contribution in [-0.4, -0.2) is 20.5 Å². The molecule has 1 aliphatic carbocycles. The summed E-state index contributed by atoms with van der Waals surface area (Å²) < 4.78 is 73.4. The van der Waals surface area contributed by atoms with E-state index in [9.17, 15) is 21.6 Å². The molecule has 2 aromatic carbocycles. The number of aryl methyl sites for hydroxylation is 1. The van der Waals surface area contributed by atoms with Crippen molar-refractivity contribution in [2.24, 2.45) is 0 Å². The fourth-order valence-electron chi connectivity index (χ4n) is 3.81. The van der Waals surface area contributed by atoms with Crippen LogP contribution in [0.1, 0.15) is 39.7 Å². The summed E-state index contributed by atoms with van der Waals surface area (Å²) in [5.41, 5.74) is 2.91. The Kier molecular flexibility index (Phi) is 6.11. The molecule has 1 aromatic heterocycles. The maximum atomic E-state index is 13.1. The minimum Gasteiger partial charge on any atom is -0.501 e. The summed E-state index contributed by atoms with van der Waals surface area (Å²) in [4.78, 5) is 3.33. The van der Waals surface area contributed by atoms with E-state index in [1.54, 1.807) is 19.2 Å². The lowest BCUT2D eigenvalue weighted by atomic mass is 10.0. The third-order valence-electron chi connectivity index (χ3n) is 5.66. The van der Waals surface area contributed by atoms with Gasteiger partial charge in [-0.1, -0.05) is 29.8 Å². The van der Waals surface area contributed by atoms with Crippen molar-refractivity contribution in [1.29, 1.82) is 0 Å². The lowest BCUT2D eigenvalue weighted by Gasteiger charge is -2.19. The Balaban J connectivity index is 1.73. The minimum absolute atomic E-state index is 0.0738. The maximum absolute atomic E-state index is 13.1. The summed E-state index contributed by atoms with van der Waals surface area (Å²) in [6.07, 6.45) is -1.41. The molecule has 2 N–H and O–H groups in total. The molecule has 0 spiro atoms. The topological polar surface area (TPSA) is 71.2 Å². The van der Waals surface area contributed by atoms with Gasteiger partial charge in [-0.25, -0.2) is 8.42 Å². The van der Waals surface area contributed by atoms with E-state index in [2.05, 4.69) is 9.71 Å². The third-order valence-corrected chi connectivity index (χ3v) is 7.10. The van der Waals surface area contributed by atoms with Crippen LogP contribution in [0.4, 0.5) is 13.2 Å². The highest BCUT2D eigenvalue weighted by Gasteiger charge is 2.31. The van der Waals surface area contributed by atoms with Crippen molar-refractivity contribution in [2.45, 2.75) is 36.9 Å². The predicted molar refractivity (Wildman–Crippen MR) is 118 cm³/mol. The number of allylic oxidation sites excluding steroid dienone is 2. The first-order valence-corrected chi connectivity index (χ1v) is 11.7. The first-order valence-electron chi connectivity index (χ1n) is 10.3. The number of benzene rings is 2. The molecule has 9 heteroatoms. The van der Waals surface area contributed by atoms with Crippen LogP contribution < -0.4 is 4.72 Å². The van der Waals surface area contributed by atoms with Gasteiger partial charge in [-0.2, -0.15) is 17.9 Å². The number of alkyl halides is 3. The van der Waals surface area contributed by atoms with E-state index in [0.717, 1.165) is 34.7 Å². The number of hydrogen-bond donors (Lipinski definition) is 2. The number of nitrogens with one attached hydrogen (secondary N) is 2. The fourth-order valence-corrected chi connectivity index (χ4v) is 5.01. The van der Waals surface area contributed by atoms with E-state index in [-0.39, 0.29) is 4.90 Å². The zero-order valence-corrected chi connectivity index (χ0v) is 18.8. The van der Waals surface area contributed by atoms with Crippen molar-refractivity contribution in [2.75, 3.05) is 7.11 Å². The van der Waals surface area contributed by atoms with E-state index < -0.39 is 27.8 Å². The average Bonchev–Trinajstić information content (AvgIpc) is 3.20. The second kappa shape index (κ2) is 8.72. The molecule has 1 atom stereocenters. The number of methoxy groups -OCH3 is 1. The first-order chi connectivity index (χ1) is 15.6. The van der Waals surface area contributed by atoms with Gasteiger partial charge >= 0.3 is 6.18 Å². The number of fused-ring (bicyclic) bond motifs is 1. The van der Waals surface area contributed by atoms with Gasteiger partial charge < -0.3 is 9.72 Å². The number of aromatic amines is 1. The Bertz CT molecular complexity index is 1280. The first kappa shape index (κ1) is 23.1. The van der Waals surface area contributed by atoms with Gasteiger partial charge in [0.25, 0.3) is 0 Å². The molecule has 1 aliphatic rings. The zero-order valence-electron chi connectivity index (χ0n) is 18.0. The average molecular weight is 477 g/mol. The molecule has 0 amide bonds. The maximum Gasteiger partial charge on any atom is 0.416 e. The fraction of sp³-hybridized carbons (Fsp3) is 0.250. The number of H-pyrrole nitrogens is 1. The minimum atomic E-state index is -4.48. The zero-order chi connectivity index (χ0) is 23.8. The van der Waals surface area contributed by atoms with Crippen molar-refractivity contribution in [3.63, 3.8) is 0 Å². The summed E-state index contributed by atoms with van der Waals surface area (Å²) in [6.45, 7) is 1.85. The van der Waals surface area contributed by atoms with E-state index in [1.807, 2.05) is 19.1 Å². The van der Waals surface area contributed by atoms with Crippen molar-refractivity contribution >= 4 is 10.0 Å². The van der Waals surface area contributed by atoms with Crippen LogP contribution in [0.25, 0.3) is 0 Å². The highest BCUT2D eigenvalue weighted by atomic mass is 32.2. The molecule has 1 unspecified atom stereocenters. The molecule has 174 valence electrons. The van der Waals surface area contributed by atoms with Crippen LogP contribution in [0.2, 0.25) is 0 Å². The summed E-state index contributed by atoms with van der Waals surface area (Å²) in [7, 11) is -2.37. The van der Waals surface area contributed by atoms with Crippen molar-refractivity contribution < 1.29 is 26.3 Å². The standard InChI is InChI=1S/C24H23F3N2O3S/c1-15-3-10-20(11-4-15)33(30,31)29-23(16-5-7-18(8-6-16)24(25,26)27)22-14-17-13-19(32-2)9-12-21(17)28-22/h3-11,14,23,28-29H,12-13H2,1-2H3. The molecule has 3 aromatic rings. The summed E-state index contributed by atoms with van der Waals surface area (Å²) in [5.74, 6) is 0.805. The Morgan fingerprint density at radius 1 is 1.06 bits per heavy atom. The van der Waals surface area contributed by atoms with Gasteiger partial charge in [0, 0.05) is 24.2 Å². The van der Waals surface area contributed by atoms with Gasteiger partial charge in [0.2, 0.25) is 10.0 Å². The lowest BCUT2D eigenvalue weighted by Crippen LogP contribution is -2.30. The smallest absolute Gasteiger partial charge is 0.416 e. The number of rotatable bonds is 6. The molecular formula is C24H23F3N2O3S. The second-order valence-corrected chi connectivity index (χ2v) is 9.69. The molecule has 4 rings (SSSR count). The molecule has 0 bridgehead atoms. The molecular weight excluding hydrogens is 453 g/mol. The van der Waals surface area contributed by atoms with E-state index in [4.69, 9.17) is 4.74 Å². The molecule has 0 saturated heterocycles. The molecule has 0 fully saturated rings. The molecule has 5 nitrogen and oxygen atoms in total. The molecule has 0 aliphatic heterocycles. The third kappa shape index (κ3) is 4.99. The Morgan fingerprint density at radius 3 is 2.33 bits per heavy atom. The molecule has 1 heterocycles. The van der Waals surface area contributed by atoms with Crippen LogP contribution in [0, 0.1) is 6.92 Å². The Hall–Kier alpha value is -3.04. The Morgan fingerprint density at radius 2 is 1.73 bits per heavy atom. The largest absolute Gasteiger partial charge is 0.501 e. The van der Waals surface area contributed by atoms with Crippen molar-refractivity contribution in [1.82, 2.24) is 9.71 Å². The predicted octanol–water partition coefficient (Wildman–Crippen LogP) is 5.04. The van der Waals surface area contributed by atoms with E-state index in [0.29, 0.717) is 24.1 Å². The monoisotopic (exact) mass is 476 g/mol. The number of aromatic nitrogens is 1. The summed E-state index contributed by atoms with van der Waals surface area (Å²) in [5, 5.41) is 0. The van der Waals surface area contributed by atoms with Gasteiger partial charge in [0.1, 0.15) is 0 Å². The number of halogens is 3. The van der Waals surface area contributed by atoms with Gasteiger partial charge in [-0.15, -0.1) is 0 Å². The summed E-state index contributed by atoms with van der Waals surface area (Å²) in [6, 6.07) is 11.8. The lowest BCUT2D eigenvalue weighted by molar-refractivity contribution is -0.137. The SMILES string of the molecule is COC1=CCc2[nH]c(C(NS(=O)(=O)c3ccc(C)cc3)c3ccc(C(F)(F)F)cc3)cc2C1. The molecule has 0 saturated carbocycles. The van der Waals surface area contributed by atoms with Gasteiger partial charge in [0.05, 0.1) is 29.4 Å². The van der Waals surface area contributed by atoms with E-state index in [1.165, 1.54) is 24.3 Å². The number of sulfonamides is 1. The van der Waals surface area contributed by atoms with E-state index >= 15 is 0 Å². The van der Waals surface area contributed by atoms with Crippen molar-refractivity contribution in [3.8, 4) is 0 Å². The van der Waals surface area contributed by atoms with Crippen LogP contribution in [0.15, 0.2) is 71.3 Å². The van der Waals surface area contributed by atoms with Gasteiger partial charge in [-0.3, -0.25) is 0 Å². The second-order valence-electron chi connectivity index (χ2n) is 7.97. The normalized spacial score (nSPS) is 15.0. The highest BCUT2D eigenvalue weighted by Crippen LogP contribution is 2.33. The number of ether oxygens (including phenoxy) is 1. The highest BCUT2D eigenvalue weighted by molar-refractivity contribution is 7.89. The molecule has 0 radical (unpaired) electrons.